The Morgan fingerprint density at radius 1 is 1.30 bits per heavy atom. The fraction of sp³-hybridized carbons (Fsp3) is 0.429. The van der Waals surface area contributed by atoms with Crippen LogP contribution >= 0.6 is 11.6 Å². The van der Waals surface area contributed by atoms with E-state index in [1.54, 1.807) is 43.1 Å². The third kappa shape index (κ3) is 5.19. The van der Waals surface area contributed by atoms with Crippen molar-refractivity contribution in [3.63, 3.8) is 0 Å². The van der Waals surface area contributed by atoms with Crippen molar-refractivity contribution < 1.29 is 9.59 Å². The lowest BCUT2D eigenvalue weighted by Gasteiger charge is -2.20. The van der Waals surface area contributed by atoms with Gasteiger partial charge in [0.05, 0.1) is 12.6 Å². The molecule has 110 valence electrons. The molecule has 1 rings (SSSR count). The molecule has 0 aliphatic rings. The summed E-state index contributed by atoms with van der Waals surface area (Å²) in [6.07, 6.45) is 0. The average Bonchev–Trinajstić information content (AvgIpc) is 2.45. The second-order valence-corrected chi connectivity index (χ2v) is 4.95. The number of nitrogens with zero attached hydrogens (tertiary/aromatic N) is 1. The zero-order valence-corrected chi connectivity index (χ0v) is 12.7. The van der Waals surface area contributed by atoms with Crippen LogP contribution in [-0.4, -0.2) is 42.9 Å². The quantitative estimate of drug-likeness (QED) is 0.841. The number of hydrogen-bond donors (Lipinski definition) is 2. The third-order valence-electron chi connectivity index (χ3n) is 2.92. The molecule has 0 saturated carbocycles. The summed E-state index contributed by atoms with van der Waals surface area (Å²) in [6.45, 7) is 4.36. The molecule has 0 radical (unpaired) electrons. The molecule has 0 heterocycles. The van der Waals surface area contributed by atoms with Crippen molar-refractivity contribution >= 4 is 29.1 Å². The molecule has 0 fully saturated rings. The smallest absolute Gasteiger partial charge is 0.239 e. The maximum absolute atomic E-state index is 11.8. The van der Waals surface area contributed by atoms with Crippen molar-refractivity contribution in [2.24, 2.45) is 0 Å². The van der Waals surface area contributed by atoms with E-state index < -0.39 is 6.04 Å². The van der Waals surface area contributed by atoms with Crippen molar-refractivity contribution in [1.29, 1.82) is 0 Å². The van der Waals surface area contributed by atoms with E-state index in [0.29, 0.717) is 17.3 Å². The standard InChI is InChI=1S/C14H20ClN3O2/c1-4-18(3)14(20)10(2)16-9-13(19)17-12-7-5-11(15)6-8-12/h5-8,10,16H,4,9H2,1-3H3,(H,17,19). The van der Waals surface area contributed by atoms with E-state index in [0.717, 1.165) is 0 Å². The van der Waals surface area contributed by atoms with Crippen LogP contribution in [0.1, 0.15) is 13.8 Å². The molecule has 1 atom stereocenters. The summed E-state index contributed by atoms with van der Waals surface area (Å²) >= 11 is 5.76. The van der Waals surface area contributed by atoms with Gasteiger partial charge in [-0.3, -0.25) is 14.9 Å². The van der Waals surface area contributed by atoms with Gasteiger partial charge in [-0.25, -0.2) is 0 Å². The van der Waals surface area contributed by atoms with Crippen molar-refractivity contribution in [1.82, 2.24) is 10.2 Å². The normalized spacial score (nSPS) is 11.8. The molecule has 5 nitrogen and oxygen atoms in total. The minimum absolute atomic E-state index is 0.0354. The summed E-state index contributed by atoms with van der Waals surface area (Å²) in [5.41, 5.74) is 0.672. The maximum Gasteiger partial charge on any atom is 0.239 e. The Bertz CT molecular complexity index is 462. The summed E-state index contributed by atoms with van der Waals surface area (Å²) < 4.78 is 0. The lowest BCUT2D eigenvalue weighted by Crippen LogP contribution is -2.45. The molecule has 1 unspecified atom stereocenters. The molecule has 1 aromatic rings. The summed E-state index contributed by atoms with van der Waals surface area (Å²) in [4.78, 5) is 25.1. The molecule has 0 saturated heterocycles. The maximum atomic E-state index is 11.8. The summed E-state index contributed by atoms with van der Waals surface area (Å²) in [6, 6.07) is 6.45. The molecular formula is C14H20ClN3O2. The minimum Gasteiger partial charge on any atom is -0.345 e. The zero-order valence-electron chi connectivity index (χ0n) is 11.9. The van der Waals surface area contributed by atoms with Gasteiger partial charge in [-0.15, -0.1) is 0 Å². The lowest BCUT2D eigenvalue weighted by atomic mass is 10.3. The molecule has 6 heteroatoms. The van der Waals surface area contributed by atoms with Crippen molar-refractivity contribution in [3.8, 4) is 0 Å². The fourth-order valence-corrected chi connectivity index (χ4v) is 1.68. The second-order valence-electron chi connectivity index (χ2n) is 4.51. The Hall–Kier alpha value is -1.59. The molecule has 2 N–H and O–H groups in total. The van der Waals surface area contributed by atoms with E-state index in [9.17, 15) is 9.59 Å². The Morgan fingerprint density at radius 2 is 1.90 bits per heavy atom. The van der Waals surface area contributed by atoms with Crippen LogP contribution < -0.4 is 10.6 Å². The van der Waals surface area contributed by atoms with Crippen LogP contribution in [0.5, 0.6) is 0 Å². The first-order valence-electron chi connectivity index (χ1n) is 6.47. The Labute approximate surface area is 124 Å². The van der Waals surface area contributed by atoms with Gasteiger partial charge < -0.3 is 10.2 Å². The van der Waals surface area contributed by atoms with Crippen LogP contribution in [0.4, 0.5) is 5.69 Å². The van der Waals surface area contributed by atoms with Gasteiger partial charge in [-0.2, -0.15) is 0 Å². The van der Waals surface area contributed by atoms with E-state index >= 15 is 0 Å². The van der Waals surface area contributed by atoms with Crippen molar-refractivity contribution in [2.75, 3.05) is 25.5 Å². The van der Waals surface area contributed by atoms with Gasteiger partial charge in [0, 0.05) is 24.3 Å². The van der Waals surface area contributed by atoms with Gasteiger partial charge >= 0.3 is 0 Å². The SMILES string of the molecule is CCN(C)C(=O)C(C)NCC(=O)Nc1ccc(Cl)cc1. The number of amides is 2. The minimum atomic E-state index is -0.393. The number of likely N-dealkylation sites (N-methyl/N-ethyl adjacent to an activating group) is 1. The number of halogens is 1. The highest BCUT2D eigenvalue weighted by molar-refractivity contribution is 6.30. The van der Waals surface area contributed by atoms with Gasteiger partial charge in [0.1, 0.15) is 0 Å². The topological polar surface area (TPSA) is 61.4 Å². The molecule has 1 aromatic carbocycles. The monoisotopic (exact) mass is 297 g/mol. The lowest BCUT2D eigenvalue weighted by molar-refractivity contribution is -0.131. The van der Waals surface area contributed by atoms with E-state index in [4.69, 9.17) is 11.6 Å². The van der Waals surface area contributed by atoms with Crippen molar-refractivity contribution in [3.05, 3.63) is 29.3 Å². The largest absolute Gasteiger partial charge is 0.345 e. The highest BCUT2D eigenvalue weighted by Gasteiger charge is 2.16. The molecule has 0 spiro atoms. The summed E-state index contributed by atoms with van der Waals surface area (Å²) in [5.74, 6) is -0.238. The number of carbonyl (C=O) groups is 2. The molecule has 0 aliphatic heterocycles. The first-order chi connectivity index (χ1) is 9.43. The van der Waals surface area contributed by atoms with Crippen LogP contribution in [-0.2, 0) is 9.59 Å². The van der Waals surface area contributed by atoms with Gasteiger partial charge in [0.15, 0.2) is 0 Å². The first kappa shape index (κ1) is 16.5. The predicted octanol–water partition coefficient (Wildman–Crippen LogP) is 1.73. The second kappa shape index (κ2) is 7.87. The first-order valence-corrected chi connectivity index (χ1v) is 6.85. The molecule has 20 heavy (non-hydrogen) atoms. The Kier molecular flexibility index (Phi) is 6.48. The predicted molar refractivity (Wildman–Crippen MR) is 80.9 cm³/mol. The van der Waals surface area contributed by atoms with Crippen LogP contribution in [0.15, 0.2) is 24.3 Å². The molecule has 0 bridgehead atoms. The number of rotatable bonds is 6. The van der Waals surface area contributed by atoms with Crippen LogP contribution in [0.3, 0.4) is 0 Å². The molecule has 2 amide bonds. The van der Waals surface area contributed by atoms with E-state index in [-0.39, 0.29) is 18.4 Å². The van der Waals surface area contributed by atoms with Gasteiger partial charge in [0.25, 0.3) is 0 Å². The molecular weight excluding hydrogens is 278 g/mol. The van der Waals surface area contributed by atoms with Crippen LogP contribution in [0.2, 0.25) is 5.02 Å². The highest BCUT2D eigenvalue weighted by Crippen LogP contribution is 2.12. The van der Waals surface area contributed by atoms with E-state index in [2.05, 4.69) is 10.6 Å². The Balaban J connectivity index is 2.40. The number of benzene rings is 1. The van der Waals surface area contributed by atoms with Gasteiger partial charge in [-0.1, -0.05) is 11.6 Å². The molecule has 0 aliphatic carbocycles. The summed E-state index contributed by atoms with van der Waals surface area (Å²) in [5, 5.41) is 6.24. The molecule has 0 aromatic heterocycles. The zero-order chi connectivity index (χ0) is 15.1. The average molecular weight is 298 g/mol. The van der Waals surface area contributed by atoms with E-state index in [1.165, 1.54) is 0 Å². The van der Waals surface area contributed by atoms with Gasteiger partial charge in [-0.05, 0) is 38.1 Å². The third-order valence-corrected chi connectivity index (χ3v) is 3.17. The van der Waals surface area contributed by atoms with Crippen LogP contribution in [0, 0.1) is 0 Å². The Morgan fingerprint density at radius 3 is 2.45 bits per heavy atom. The number of anilines is 1. The van der Waals surface area contributed by atoms with E-state index in [1.807, 2.05) is 6.92 Å². The number of hydrogen-bond acceptors (Lipinski definition) is 3. The van der Waals surface area contributed by atoms with Crippen molar-refractivity contribution in [2.45, 2.75) is 19.9 Å². The number of carbonyl (C=O) groups excluding carboxylic acids is 2. The van der Waals surface area contributed by atoms with Gasteiger partial charge in [0.2, 0.25) is 11.8 Å². The summed E-state index contributed by atoms with van der Waals surface area (Å²) in [7, 11) is 1.73. The van der Waals surface area contributed by atoms with Crippen LogP contribution in [0.25, 0.3) is 0 Å². The highest BCUT2D eigenvalue weighted by atomic mass is 35.5. The number of nitrogens with one attached hydrogen (secondary N) is 2. The fourth-order valence-electron chi connectivity index (χ4n) is 1.56.